The maximum absolute atomic E-state index is 12.2. The van der Waals surface area contributed by atoms with Crippen LogP contribution >= 0.6 is 11.3 Å². The van der Waals surface area contributed by atoms with Gasteiger partial charge in [-0.05, 0) is 6.92 Å². The van der Waals surface area contributed by atoms with Gasteiger partial charge in [0.25, 0.3) is 0 Å². The molecule has 15 heavy (non-hydrogen) atoms. The van der Waals surface area contributed by atoms with Gasteiger partial charge in [0.05, 0.1) is 12.6 Å². The van der Waals surface area contributed by atoms with Crippen molar-refractivity contribution < 1.29 is 17.9 Å². The van der Waals surface area contributed by atoms with E-state index in [0.29, 0.717) is 22.8 Å². The smallest absolute Gasteiger partial charge is 0.380 e. The fourth-order valence-electron chi connectivity index (χ4n) is 0.916. The van der Waals surface area contributed by atoms with E-state index in [0.717, 1.165) is 6.20 Å². The molecule has 0 saturated heterocycles. The number of hydrogen-bond donors (Lipinski definition) is 1. The van der Waals surface area contributed by atoms with Crippen LogP contribution in [0.25, 0.3) is 0 Å². The average Bonchev–Trinajstić information content (AvgIpc) is 2.62. The molecular weight excluding hydrogens is 229 g/mol. The van der Waals surface area contributed by atoms with Crippen molar-refractivity contribution in [3.63, 3.8) is 0 Å². The number of halogens is 3. The molecule has 7 heteroatoms. The van der Waals surface area contributed by atoms with Crippen molar-refractivity contribution in [2.24, 2.45) is 5.73 Å². The molecule has 1 heterocycles. The second-order valence-electron chi connectivity index (χ2n) is 2.83. The first-order valence-corrected chi connectivity index (χ1v) is 5.13. The van der Waals surface area contributed by atoms with Crippen LogP contribution < -0.4 is 5.73 Å². The van der Waals surface area contributed by atoms with E-state index in [1.807, 2.05) is 0 Å². The van der Waals surface area contributed by atoms with Gasteiger partial charge in [0.2, 0.25) is 0 Å². The molecule has 1 atom stereocenters. The summed E-state index contributed by atoms with van der Waals surface area (Å²) in [6.45, 7) is 2.48. The Labute approximate surface area is 89.1 Å². The van der Waals surface area contributed by atoms with Crippen molar-refractivity contribution in [2.75, 3.05) is 13.2 Å². The van der Waals surface area contributed by atoms with Crippen molar-refractivity contribution in [3.8, 4) is 0 Å². The zero-order chi connectivity index (χ0) is 11.5. The zero-order valence-electron chi connectivity index (χ0n) is 8.04. The fraction of sp³-hybridized carbons (Fsp3) is 0.625. The van der Waals surface area contributed by atoms with E-state index < -0.39 is 17.2 Å². The maximum Gasteiger partial charge on any atom is 0.443 e. The minimum absolute atomic E-state index is 0.204. The highest BCUT2D eigenvalue weighted by Gasteiger charge is 2.35. The number of ether oxygens (including phenoxy) is 1. The summed E-state index contributed by atoms with van der Waals surface area (Å²) in [6.07, 6.45) is -3.24. The van der Waals surface area contributed by atoms with Gasteiger partial charge in [0, 0.05) is 17.7 Å². The van der Waals surface area contributed by atoms with Gasteiger partial charge < -0.3 is 10.5 Å². The highest BCUT2D eigenvalue weighted by molar-refractivity contribution is 7.11. The molecule has 86 valence electrons. The molecule has 0 amide bonds. The molecule has 0 fully saturated rings. The Hall–Kier alpha value is -0.660. The van der Waals surface area contributed by atoms with Crippen molar-refractivity contribution >= 4 is 11.3 Å². The fourth-order valence-corrected chi connectivity index (χ4v) is 1.69. The van der Waals surface area contributed by atoms with Gasteiger partial charge in [-0.15, -0.1) is 11.3 Å². The number of rotatable bonds is 4. The van der Waals surface area contributed by atoms with Crippen LogP contribution in [-0.4, -0.2) is 18.2 Å². The number of nitrogens with two attached hydrogens (primary N) is 1. The van der Waals surface area contributed by atoms with Crippen LogP contribution in [0, 0.1) is 0 Å². The van der Waals surface area contributed by atoms with E-state index in [4.69, 9.17) is 10.5 Å². The summed E-state index contributed by atoms with van der Waals surface area (Å²) >= 11 is 0.557. The summed E-state index contributed by atoms with van der Waals surface area (Å²) in [5.74, 6) is 0. The van der Waals surface area contributed by atoms with Crippen molar-refractivity contribution in [1.82, 2.24) is 4.98 Å². The van der Waals surface area contributed by atoms with Crippen LogP contribution in [0.3, 0.4) is 0 Å². The third-order valence-electron chi connectivity index (χ3n) is 1.63. The molecule has 2 N–H and O–H groups in total. The quantitative estimate of drug-likeness (QED) is 0.877. The molecule has 0 aromatic carbocycles. The molecule has 0 aliphatic carbocycles. The topological polar surface area (TPSA) is 48.1 Å². The Balaban J connectivity index is 2.67. The van der Waals surface area contributed by atoms with Gasteiger partial charge in [-0.2, -0.15) is 13.2 Å². The summed E-state index contributed by atoms with van der Waals surface area (Å²) < 4.78 is 41.6. The zero-order valence-corrected chi connectivity index (χ0v) is 8.86. The molecule has 0 bridgehead atoms. The first-order chi connectivity index (χ1) is 6.95. The third kappa shape index (κ3) is 3.44. The van der Waals surface area contributed by atoms with Crippen LogP contribution in [0.15, 0.2) is 6.20 Å². The van der Waals surface area contributed by atoms with Crippen LogP contribution in [0.4, 0.5) is 13.2 Å². The summed E-state index contributed by atoms with van der Waals surface area (Å²) in [7, 11) is 0. The monoisotopic (exact) mass is 240 g/mol. The van der Waals surface area contributed by atoms with Crippen molar-refractivity contribution in [1.29, 1.82) is 0 Å². The molecule has 0 radical (unpaired) electrons. The van der Waals surface area contributed by atoms with Gasteiger partial charge >= 0.3 is 6.18 Å². The van der Waals surface area contributed by atoms with Crippen LogP contribution in [0.5, 0.6) is 0 Å². The van der Waals surface area contributed by atoms with Crippen LogP contribution in [0.2, 0.25) is 0 Å². The predicted octanol–water partition coefficient (Wildman–Crippen LogP) is 2.20. The van der Waals surface area contributed by atoms with E-state index in [2.05, 4.69) is 4.98 Å². The standard InChI is InChI=1S/C8H11F3N2OS/c1-2-14-4-5(12)6-3-13-7(15-6)8(9,10)11/h3,5H,2,4,12H2,1H3. The normalized spacial score (nSPS) is 14.2. The molecule has 0 spiro atoms. The van der Waals surface area contributed by atoms with Gasteiger partial charge in [-0.3, -0.25) is 0 Å². The van der Waals surface area contributed by atoms with E-state index in [9.17, 15) is 13.2 Å². The van der Waals surface area contributed by atoms with Gasteiger partial charge in [0.15, 0.2) is 5.01 Å². The minimum atomic E-state index is -4.39. The van der Waals surface area contributed by atoms with E-state index in [1.54, 1.807) is 6.92 Å². The van der Waals surface area contributed by atoms with E-state index in [-0.39, 0.29) is 6.61 Å². The molecule has 3 nitrogen and oxygen atoms in total. The largest absolute Gasteiger partial charge is 0.443 e. The Bertz CT molecular complexity index is 313. The number of alkyl halides is 3. The Morgan fingerprint density at radius 1 is 1.60 bits per heavy atom. The molecule has 1 unspecified atom stereocenters. The lowest BCUT2D eigenvalue weighted by Gasteiger charge is -2.07. The SMILES string of the molecule is CCOCC(N)c1cnc(C(F)(F)F)s1. The summed E-state index contributed by atoms with van der Waals surface area (Å²) in [4.78, 5) is 3.66. The molecule has 0 saturated carbocycles. The summed E-state index contributed by atoms with van der Waals surface area (Å²) in [5.41, 5.74) is 5.62. The third-order valence-corrected chi connectivity index (χ3v) is 2.81. The molecule has 1 aromatic heterocycles. The Morgan fingerprint density at radius 2 is 2.27 bits per heavy atom. The van der Waals surface area contributed by atoms with E-state index >= 15 is 0 Å². The van der Waals surface area contributed by atoms with Gasteiger partial charge in [-0.1, -0.05) is 0 Å². The van der Waals surface area contributed by atoms with Crippen molar-refractivity contribution in [3.05, 3.63) is 16.1 Å². The predicted molar refractivity (Wildman–Crippen MR) is 50.5 cm³/mol. The lowest BCUT2D eigenvalue weighted by Crippen LogP contribution is -2.15. The molecule has 1 rings (SSSR count). The molecule has 1 aromatic rings. The van der Waals surface area contributed by atoms with Crippen LogP contribution in [-0.2, 0) is 10.9 Å². The highest BCUT2D eigenvalue weighted by Crippen LogP contribution is 2.33. The molecular formula is C8H11F3N2OS. The van der Waals surface area contributed by atoms with Crippen molar-refractivity contribution in [2.45, 2.75) is 19.1 Å². The summed E-state index contributed by atoms with van der Waals surface area (Å²) in [5, 5.41) is -0.871. The second-order valence-corrected chi connectivity index (χ2v) is 3.89. The Morgan fingerprint density at radius 3 is 2.73 bits per heavy atom. The number of nitrogens with zero attached hydrogens (tertiary/aromatic N) is 1. The second kappa shape index (κ2) is 4.91. The first-order valence-electron chi connectivity index (χ1n) is 4.31. The average molecular weight is 240 g/mol. The first kappa shape index (κ1) is 12.4. The molecule has 0 aliphatic heterocycles. The number of aromatic nitrogens is 1. The highest BCUT2D eigenvalue weighted by atomic mass is 32.1. The Kier molecular flexibility index (Phi) is 4.06. The number of thiazole rings is 1. The van der Waals surface area contributed by atoms with Crippen LogP contribution in [0.1, 0.15) is 22.9 Å². The number of hydrogen-bond acceptors (Lipinski definition) is 4. The minimum Gasteiger partial charge on any atom is -0.380 e. The maximum atomic E-state index is 12.2. The van der Waals surface area contributed by atoms with E-state index in [1.165, 1.54) is 0 Å². The lowest BCUT2D eigenvalue weighted by atomic mass is 10.3. The van der Waals surface area contributed by atoms with Gasteiger partial charge in [0.1, 0.15) is 0 Å². The molecule has 0 aliphatic rings. The lowest BCUT2D eigenvalue weighted by molar-refractivity contribution is -0.137. The summed E-state index contributed by atoms with van der Waals surface area (Å²) in [6, 6.07) is -0.543. The van der Waals surface area contributed by atoms with Gasteiger partial charge in [-0.25, -0.2) is 4.98 Å².